The second-order valence-electron chi connectivity index (χ2n) is 4.40. The van der Waals surface area contributed by atoms with E-state index in [4.69, 9.17) is 9.47 Å². The Balaban J connectivity index is 2.58. The van der Waals surface area contributed by atoms with Crippen LogP contribution < -0.4 is 5.32 Å². The Hall–Kier alpha value is -1.10. The molecule has 17 heavy (non-hydrogen) atoms. The van der Waals surface area contributed by atoms with E-state index in [2.05, 4.69) is 5.32 Å². The Kier molecular flexibility index (Phi) is 5.97. The molecule has 1 fully saturated rings. The van der Waals surface area contributed by atoms with Crippen LogP contribution in [0.2, 0.25) is 0 Å². The van der Waals surface area contributed by atoms with Gasteiger partial charge in [0.05, 0.1) is 7.11 Å². The molecule has 1 saturated carbocycles. The predicted molar refractivity (Wildman–Crippen MR) is 62.4 cm³/mol. The fraction of sp³-hybridized carbons (Fsp3) is 0.833. The molecule has 0 radical (unpaired) electrons. The number of ether oxygens (including phenoxy) is 2. The topological polar surface area (TPSA) is 64.6 Å². The van der Waals surface area contributed by atoms with E-state index in [1.54, 1.807) is 0 Å². The van der Waals surface area contributed by atoms with Crippen LogP contribution in [-0.2, 0) is 19.1 Å². The molecule has 1 N–H and O–H groups in total. The minimum absolute atomic E-state index is 0.0276. The van der Waals surface area contributed by atoms with Gasteiger partial charge in [0.15, 0.2) is 0 Å². The van der Waals surface area contributed by atoms with Crippen LogP contribution >= 0.6 is 0 Å². The van der Waals surface area contributed by atoms with E-state index in [1.165, 1.54) is 20.6 Å². The molecule has 0 aromatic rings. The van der Waals surface area contributed by atoms with Crippen LogP contribution in [0, 0.1) is 5.92 Å². The Morgan fingerprint density at radius 2 is 1.88 bits per heavy atom. The average molecular weight is 243 g/mol. The van der Waals surface area contributed by atoms with Crippen molar-refractivity contribution in [1.82, 2.24) is 5.32 Å². The summed E-state index contributed by atoms with van der Waals surface area (Å²) in [5.74, 6) is -0.438. The van der Waals surface area contributed by atoms with Crippen molar-refractivity contribution in [3.8, 4) is 0 Å². The summed E-state index contributed by atoms with van der Waals surface area (Å²) in [5, 5.41) is 2.70. The standard InChI is InChI=1S/C12H21NO4/c1-16-8-10(14)13-11(12(15)17-2)9-6-4-3-5-7-9/h9,11H,3-8H2,1-2H3,(H,13,14)/t11-/m1/s1. The third kappa shape index (κ3) is 4.34. The van der Waals surface area contributed by atoms with Gasteiger partial charge in [-0.15, -0.1) is 0 Å². The van der Waals surface area contributed by atoms with E-state index < -0.39 is 6.04 Å². The van der Waals surface area contributed by atoms with Crippen LogP contribution in [0.1, 0.15) is 32.1 Å². The lowest BCUT2D eigenvalue weighted by Gasteiger charge is -2.28. The highest BCUT2D eigenvalue weighted by atomic mass is 16.5. The molecular formula is C12H21NO4. The summed E-state index contributed by atoms with van der Waals surface area (Å²) in [6.07, 6.45) is 5.35. The summed E-state index contributed by atoms with van der Waals surface area (Å²) in [4.78, 5) is 23.1. The zero-order valence-corrected chi connectivity index (χ0v) is 10.5. The largest absolute Gasteiger partial charge is 0.467 e. The van der Waals surface area contributed by atoms with Gasteiger partial charge in [0.2, 0.25) is 5.91 Å². The quantitative estimate of drug-likeness (QED) is 0.728. The third-order valence-corrected chi connectivity index (χ3v) is 3.17. The molecule has 1 aliphatic rings. The number of methoxy groups -OCH3 is 2. The van der Waals surface area contributed by atoms with Crippen molar-refractivity contribution in [2.24, 2.45) is 5.92 Å². The predicted octanol–water partition coefficient (Wildman–Crippen LogP) is 0.871. The van der Waals surface area contributed by atoms with Gasteiger partial charge in [0, 0.05) is 7.11 Å². The molecule has 5 heteroatoms. The monoisotopic (exact) mass is 243 g/mol. The second-order valence-corrected chi connectivity index (χ2v) is 4.40. The van der Waals surface area contributed by atoms with Gasteiger partial charge < -0.3 is 14.8 Å². The van der Waals surface area contributed by atoms with Crippen LogP contribution in [0.4, 0.5) is 0 Å². The molecule has 0 spiro atoms. The first-order chi connectivity index (χ1) is 8.19. The van der Waals surface area contributed by atoms with Gasteiger partial charge in [-0.1, -0.05) is 19.3 Å². The average Bonchev–Trinajstić information content (AvgIpc) is 2.36. The van der Waals surface area contributed by atoms with Crippen molar-refractivity contribution in [2.45, 2.75) is 38.1 Å². The Morgan fingerprint density at radius 1 is 1.24 bits per heavy atom. The summed E-state index contributed by atoms with van der Waals surface area (Å²) in [6.45, 7) is -0.0276. The molecule has 0 aromatic carbocycles. The lowest BCUT2D eigenvalue weighted by Crippen LogP contribution is -2.48. The fourth-order valence-electron chi connectivity index (χ4n) is 2.31. The van der Waals surface area contributed by atoms with E-state index in [0.717, 1.165) is 25.7 Å². The number of esters is 1. The number of amides is 1. The highest BCUT2D eigenvalue weighted by Crippen LogP contribution is 2.27. The van der Waals surface area contributed by atoms with Crippen LogP contribution in [0.25, 0.3) is 0 Å². The number of carbonyl (C=O) groups is 2. The van der Waals surface area contributed by atoms with Gasteiger partial charge in [-0.05, 0) is 18.8 Å². The highest BCUT2D eigenvalue weighted by molar-refractivity contribution is 5.85. The maximum atomic E-state index is 11.7. The van der Waals surface area contributed by atoms with Crippen molar-refractivity contribution >= 4 is 11.9 Å². The number of nitrogens with one attached hydrogen (secondary N) is 1. The number of hydrogen-bond acceptors (Lipinski definition) is 4. The molecule has 0 aromatic heterocycles. The van der Waals surface area contributed by atoms with Crippen molar-refractivity contribution in [3.05, 3.63) is 0 Å². The number of carbonyl (C=O) groups excluding carboxylic acids is 2. The van der Waals surface area contributed by atoms with Crippen LogP contribution in [0.15, 0.2) is 0 Å². The fourth-order valence-corrected chi connectivity index (χ4v) is 2.31. The van der Waals surface area contributed by atoms with E-state index in [0.29, 0.717) is 0 Å². The van der Waals surface area contributed by atoms with E-state index >= 15 is 0 Å². The molecule has 0 aliphatic heterocycles. The lowest BCUT2D eigenvalue weighted by atomic mass is 9.84. The molecule has 1 atom stereocenters. The maximum absolute atomic E-state index is 11.7. The van der Waals surface area contributed by atoms with E-state index in [1.807, 2.05) is 0 Å². The smallest absolute Gasteiger partial charge is 0.328 e. The van der Waals surface area contributed by atoms with E-state index in [-0.39, 0.29) is 24.4 Å². The van der Waals surface area contributed by atoms with Gasteiger partial charge in [0.25, 0.3) is 0 Å². The molecule has 5 nitrogen and oxygen atoms in total. The van der Waals surface area contributed by atoms with Crippen molar-refractivity contribution in [1.29, 1.82) is 0 Å². The minimum atomic E-state index is -0.525. The molecule has 0 unspecified atom stereocenters. The number of rotatable bonds is 5. The molecule has 0 heterocycles. The molecule has 0 bridgehead atoms. The summed E-state index contributed by atoms with van der Waals surface area (Å²) in [7, 11) is 2.80. The molecule has 0 saturated heterocycles. The molecular weight excluding hydrogens is 222 g/mol. The third-order valence-electron chi connectivity index (χ3n) is 3.17. The highest BCUT2D eigenvalue weighted by Gasteiger charge is 2.31. The second kappa shape index (κ2) is 7.27. The zero-order chi connectivity index (χ0) is 12.7. The Bertz CT molecular complexity index is 261. The van der Waals surface area contributed by atoms with Crippen molar-refractivity contribution < 1.29 is 19.1 Å². The summed E-state index contributed by atoms with van der Waals surface area (Å²) >= 11 is 0. The first-order valence-corrected chi connectivity index (χ1v) is 6.05. The minimum Gasteiger partial charge on any atom is -0.467 e. The maximum Gasteiger partial charge on any atom is 0.328 e. The van der Waals surface area contributed by atoms with Gasteiger partial charge in [-0.25, -0.2) is 4.79 Å². The van der Waals surface area contributed by atoms with E-state index in [9.17, 15) is 9.59 Å². The molecule has 1 aliphatic carbocycles. The number of hydrogen-bond donors (Lipinski definition) is 1. The van der Waals surface area contributed by atoms with Crippen molar-refractivity contribution in [3.63, 3.8) is 0 Å². The van der Waals surface area contributed by atoms with Gasteiger partial charge in [0.1, 0.15) is 12.6 Å². The first-order valence-electron chi connectivity index (χ1n) is 6.05. The van der Waals surface area contributed by atoms with Gasteiger partial charge >= 0.3 is 5.97 Å². The first kappa shape index (κ1) is 14.0. The van der Waals surface area contributed by atoms with Crippen molar-refractivity contribution in [2.75, 3.05) is 20.8 Å². The molecule has 1 amide bonds. The van der Waals surface area contributed by atoms with Gasteiger partial charge in [-0.3, -0.25) is 4.79 Å². The SMILES string of the molecule is COCC(=O)N[C@@H](C(=O)OC)C1CCCCC1. The van der Waals surface area contributed by atoms with Crippen LogP contribution in [0.3, 0.4) is 0 Å². The lowest BCUT2D eigenvalue weighted by molar-refractivity contribution is -0.147. The summed E-state index contributed by atoms with van der Waals surface area (Å²) < 4.78 is 9.49. The van der Waals surface area contributed by atoms with Crippen LogP contribution in [-0.4, -0.2) is 38.7 Å². The summed E-state index contributed by atoms with van der Waals surface area (Å²) in [6, 6.07) is -0.525. The molecule has 1 rings (SSSR count). The normalized spacial score (nSPS) is 18.5. The zero-order valence-electron chi connectivity index (χ0n) is 10.5. The Labute approximate surface area is 102 Å². The summed E-state index contributed by atoms with van der Waals surface area (Å²) in [5.41, 5.74) is 0. The Morgan fingerprint density at radius 3 is 2.41 bits per heavy atom. The van der Waals surface area contributed by atoms with Crippen LogP contribution in [0.5, 0.6) is 0 Å². The molecule has 98 valence electrons. The van der Waals surface area contributed by atoms with Gasteiger partial charge in [-0.2, -0.15) is 0 Å².